The van der Waals surface area contributed by atoms with Crippen LogP contribution in [0.2, 0.25) is 0 Å². The van der Waals surface area contributed by atoms with Gasteiger partial charge in [0.25, 0.3) is 5.91 Å². The van der Waals surface area contributed by atoms with Gasteiger partial charge in [0.15, 0.2) is 11.6 Å². The summed E-state index contributed by atoms with van der Waals surface area (Å²) in [6.45, 7) is 3.46. The number of benzene rings is 1. The van der Waals surface area contributed by atoms with Crippen molar-refractivity contribution in [3.05, 3.63) is 36.7 Å². The molecule has 2 fully saturated rings. The number of ether oxygens (including phenoxy) is 1. The molecule has 3 aliphatic rings. The van der Waals surface area contributed by atoms with Gasteiger partial charge in [-0.15, -0.1) is 0 Å². The predicted octanol–water partition coefficient (Wildman–Crippen LogP) is 2.87. The fraction of sp³-hybridized carbons (Fsp3) is 0.458. The van der Waals surface area contributed by atoms with Crippen LogP contribution in [0.4, 0.5) is 11.5 Å². The van der Waals surface area contributed by atoms with Crippen LogP contribution >= 0.6 is 0 Å². The van der Waals surface area contributed by atoms with E-state index in [9.17, 15) is 9.90 Å². The lowest BCUT2D eigenvalue weighted by atomic mass is 9.87. The van der Waals surface area contributed by atoms with E-state index in [0.717, 1.165) is 40.8 Å². The van der Waals surface area contributed by atoms with Crippen LogP contribution in [-0.4, -0.2) is 63.4 Å². The first-order valence-electron chi connectivity index (χ1n) is 11.4. The Kier molecular flexibility index (Phi) is 4.48. The van der Waals surface area contributed by atoms with Gasteiger partial charge in [-0.1, -0.05) is 12.1 Å². The third-order valence-corrected chi connectivity index (χ3v) is 7.25. The topological polar surface area (TPSA) is 94.6 Å². The maximum absolute atomic E-state index is 13.8. The zero-order valence-electron chi connectivity index (χ0n) is 18.1. The second-order valence-corrected chi connectivity index (χ2v) is 9.26. The Balaban J connectivity index is 1.50. The second kappa shape index (κ2) is 7.28. The van der Waals surface area contributed by atoms with Gasteiger partial charge < -0.3 is 24.6 Å². The maximum atomic E-state index is 13.8. The normalized spacial score (nSPS) is 28.0. The van der Waals surface area contributed by atoms with E-state index in [2.05, 4.69) is 9.88 Å². The van der Waals surface area contributed by atoms with E-state index in [0.29, 0.717) is 38.4 Å². The van der Waals surface area contributed by atoms with Crippen molar-refractivity contribution in [2.45, 2.75) is 50.3 Å². The summed E-state index contributed by atoms with van der Waals surface area (Å²) in [5, 5.41) is 11.1. The standard InChI is InChI=1S/C24H27N5O3/c1-24-14-32-12-11-28(24)22-20(29(23(24)31)15-5-7-16(30)8-6-15)13-26-21(27-22)18-3-2-4-19-17(18)9-10-25-19/h2-4,9-10,13,15-16,25,30H,5-8,11-12,14H2,1H3/t15?,16?,24-/m0/s1. The van der Waals surface area contributed by atoms with E-state index in [-0.39, 0.29) is 18.1 Å². The summed E-state index contributed by atoms with van der Waals surface area (Å²) in [6, 6.07) is 8.14. The van der Waals surface area contributed by atoms with Gasteiger partial charge in [0.05, 0.1) is 25.5 Å². The van der Waals surface area contributed by atoms with Gasteiger partial charge in [-0.25, -0.2) is 9.97 Å². The SMILES string of the molecule is C[C@@]12COCCN1c1nc(-c3cccc4[nH]ccc34)ncc1N(C1CCC(O)CC1)C2=O. The molecule has 166 valence electrons. The number of H-pyrrole nitrogens is 1. The molecule has 8 heteroatoms. The molecule has 2 aromatic heterocycles. The number of aliphatic hydroxyl groups excluding tert-OH is 1. The average molecular weight is 434 g/mol. The van der Waals surface area contributed by atoms with Crippen LogP contribution in [-0.2, 0) is 9.53 Å². The van der Waals surface area contributed by atoms with Crippen molar-refractivity contribution in [3.8, 4) is 11.4 Å². The van der Waals surface area contributed by atoms with E-state index in [1.54, 1.807) is 6.20 Å². The summed E-state index contributed by atoms with van der Waals surface area (Å²) < 4.78 is 5.77. The van der Waals surface area contributed by atoms with Gasteiger partial charge in [-0.05, 0) is 44.7 Å². The van der Waals surface area contributed by atoms with Gasteiger partial charge in [0.2, 0.25) is 0 Å². The molecule has 0 spiro atoms. The van der Waals surface area contributed by atoms with Crippen LogP contribution in [0.15, 0.2) is 36.7 Å². The molecule has 0 radical (unpaired) electrons. The first-order valence-corrected chi connectivity index (χ1v) is 11.4. The van der Waals surface area contributed by atoms with Crippen molar-refractivity contribution in [3.63, 3.8) is 0 Å². The first-order chi connectivity index (χ1) is 15.6. The number of carbonyl (C=O) groups excluding carboxylic acids is 1. The molecule has 2 N–H and O–H groups in total. The quantitative estimate of drug-likeness (QED) is 0.645. The minimum Gasteiger partial charge on any atom is -0.393 e. The molecule has 6 rings (SSSR count). The van der Waals surface area contributed by atoms with E-state index in [1.807, 2.05) is 42.3 Å². The number of hydrogen-bond donors (Lipinski definition) is 2. The van der Waals surface area contributed by atoms with Crippen LogP contribution in [0, 0.1) is 0 Å². The summed E-state index contributed by atoms with van der Waals surface area (Å²) in [7, 11) is 0. The van der Waals surface area contributed by atoms with Crippen LogP contribution in [0.5, 0.6) is 0 Å². The van der Waals surface area contributed by atoms with E-state index in [1.165, 1.54) is 0 Å². The van der Waals surface area contributed by atoms with E-state index in [4.69, 9.17) is 14.7 Å². The highest BCUT2D eigenvalue weighted by Crippen LogP contribution is 2.44. The van der Waals surface area contributed by atoms with Crippen molar-refractivity contribution in [2.24, 2.45) is 0 Å². The van der Waals surface area contributed by atoms with Crippen LogP contribution in [0.1, 0.15) is 32.6 Å². The summed E-state index contributed by atoms with van der Waals surface area (Å²) in [5.74, 6) is 1.48. The minimum atomic E-state index is -0.799. The number of morpholine rings is 1. The summed E-state index contributed by atoms with van der Waals surface area (Å²) >= 11 is 0. The van der Waals surface area contributed by atoms with Crippen molar-refractivity contribution in [2.75, 3.05) is 29.6 Å². The van der Waals surface area contributed by atoms with Crippen molar-refractivity contribution in [1.82, 2.24) is 15.0 Å². The number of aromatic nitrogens is 3. The molecule has 1 saturated carbocycles. The lowest BCUT2D eigenvalue weighted by molar-refractivity contribution is -0.128. The number of aliphatic hydroxyl groups is 1. The van der Waals surface area contributed by atoms with Crippen LogP contribution in [0.3, 0.4) is 0 Å². The average Bonchev–Trinajstić information content (AvgIpc) is 3.30. The highest BCUT2D eigenvalue weighted by Gasteiger charge is 2.52. The highest BCUT2D eigenvalue weighted by molar-refractivity contribution is 6.08. The molecule has 0 unspecified atom stereocenters. The Morgan fingerprint density at radius 2 is 2.06 bits per heavy atom. The molecule has 4 heterocycles. The number of rotatable bonds is 2. The highest BCUT2D eigenvalue weighted by atomic mass is 16.5. The molecule has 3 aromatic rings. The molecule has 2 aliphatic heterocycles. The third kappa shape index (κ3) is 2.86. The second-order valence-electron chi connectivity index (χ2n) is 9.26. The smallest absolute Gasteiger partial charge is 0.255 e. The molecule has 1 aliphatic carbocycles. The third-order valence-electron chi connectivity index (χ3n) is 7.25. The molecule has 1 aromatic carbocycles. The van der Waals surface area contributed by atoms with E-state index < -0.39 is 5.54 Å². The fourth-order valence-electron chi connectivity index (χ4n) is 5.46. The number of hydrogen-bond acceptors (Lipinski definition) is 6. The van der Waals surface area contributed by atoms with E-state index >= 15 is 0 Å². The number of carbonyl (C=O) groups is 1. The zero-order chi connectivity index (χ0) is 21.9. The summed E-state index contributed by atoms with van der Waals surface area (Å²) in [5.41, 5.74) is 1.97. The number of nitrogens with zero attached hydrogens (tertiary/aromatic N) is 4. The Morgan fingerprint density at radius 3 is 2.91 bits per heavy atom. The molecular weight excluding hydrogens is 406 g/mol. The zero-order valence-corrected chi connectivity index (χ0v) is 18.1. The molecular formula is C24H27N5O3. The lowest BCUT2D eigenvalue weighted by Crippen LogP contribution is -2.68. The van der Waals surface area contributed by atoms with Crippen LogP contribution in [0.25, 0.3) is 22.3 Å². The maximum Gasteiger partial charge on any atom is 0.255 e. The minimum absolute atomic E-state index is 0.0353. The van der Waals surface area contributed by atoms with Gasteiger partial charge in [0.1, 0.15) is 11.2 Å². The van der Waals surface area contributed by atoms with Gasteiger partial charge in [-0.2, -0.15) is 0 Å². The molecule has 1 saturated heterocycles. The monoisotopic (exact) mass is 433 g/mol. The molecule has 32 heavy (non-hydrogen) atoms. The Morgan fingerprint density at radius 1 is 1.22 bits per heavy atom. The molecule has 8 nitrogen and oxygen atoms in total. The molecule has 0 bridgehead atoms. The summed E-state index contributed by atoms with van der Waals surface area (Å²) in [4.78, 5) is 30.8. The predicted molar refractivity (Wildman–Crippen MR) is 122 cm³/mol. The number of fused-ring (bicyclic) bond motifs is 4. The molecule has 1 atom stereocenters. The largest absolute Gasteiger partial charge is 0.393 e. The number of amides is 1. The van der Waals surface area contributed by atoms with Gasteiger partial charge in [0, 0.05) is 35.2 Å². The Bertz CT molecular complexity index is 1190. The van der Waals surface area contributed by atoms with Crippen molar-refractivity contribution >= 4 is 28.3 Å². The molecule has 1 amide bonds. The van der Waals surface area contributed by atoms with Gasteiger partial charge >= 0.3 is 0 Å². The lowest BCUT2D eigenvalue weighted by Gasteiger charge is -2.52. The Labute approximate surface area is 186 Å². The summed E-state index contributed by atoms with van der Waals surface area (Å²) in [6.07, 6.45) is 6.40. The number of aromatic amines is 1. The van der Waals surface area contributed by atoms with Crippen molar-refractivity contribution < 1.29 is 14.6 Å². The fourth-order valence-corrected chi connectivity index (χ4v) is 5.46. The van der Waals surface area contributed by atoms with Gasteiger partial charge in [-0.3, -0.25) is 4.79 Å². The Hall–Kier alpha value is -2.97. The van der Waals surface area contributed by atoms with Crippen LogP contribution < -0.4 is 9.80 Å². The first kappa shape index (κ1) is 19.7. The number of nitrogens with one attached hydrogen (secondary N) is 1. The van der Waals surface area contributed by atoms with Crippen molar-refractivity contribution in [1.29, 1.82) is 0 Å². The number of anilines is 2.